The average molecular weight is 613 g/mol. The summed E-state index contributed by atoms with van der Waals surface area (Å²) in [6.45, 7) is 0. The SMILES string of the molecule is CSCCC(NC(=O)C(Cc1ccc(O)cc1)NC(=O)C(CC(N)=O)NC(=O)C(N)Cc1c[nH]c2ccccc12)C(=O)O. The van der Waals surface area contributed by atoms with Crippen LogP contribution in [-0.2, 0) is 36.8 Å². The van der Waals surface area contributed by atoms with Crippen molar-refractivity contribution in [3.8, 4) is 5.75 Å². The number of aliphatic carboxylic acids is 1. The van der Waals surface area contributed by atoms with Gasteiger partial charge in [-0.25, -0.2) is 4.79 Å². The molecular formula is C29H36N6O7S. The van der Waals surface area contributed by atoms with E-state index in [1.54, 1.807) is 12.5 Å². The molecule has 0 aliphatic heterocycles. The molecule has 230 valence electrons. The van der Waals surface area contributed by atoms with Gasteiger partial charge in [-0.15, -0.1) is 0 Å². The van der Waals surface area contributed by atoms with Crippen LogP contribution < -0.4 is 27.4 Å². The second-order valence-electron chi connectivity index (χ2n) is 10.0. The van der Waals surface area contributed by atoms with Crippen LogP contribution >= 0.6 is 11.8 Å². The molecule has 0 aliphatic rings. The smallest absolute Gasteiger partial charge is 0.326 e. The molecule has 0 fully saturated rings. The molecule has 0 saturated heterocycles. The van der Waals surface area contributed by atoms with Gasteiger partial charge in [-0.3, -0.25) is 19.2 Å². The van der Waals surface area contributed by atoms with Crippen LogP contribution in [0.1, 0.15) is 24.0 Å². The summed E-state index contributed by atoms with van der Waals surface area (Å²) in [5.41, 5.74) is 13.7. The number of thioether (sulfide) groups is 1. The van der Waals surface area contributed by atoms with Crippen LogP contribution in [-0.4, -0.2) is 81.0 Å². The number of amides is 4. The number of carboxylic acids is 1. The standard InChI is InChI=1S/C29H36N6O7S/c1-43-11-10-22(29(41)42)33-27(39)23(12-16-6-8-18(36)9-7-16)35-28(40)24(14-25(31)37)34-26(38)20(30)13-17-15-32-21-5-3-2-4-19(17)21/h2-9,15,20,22-24,32,36H,10-14,30H2,1H3,(H2,31,37)(H,33,39)(H,34,38)(H,35,40)(H,41,42). The number of para-hydroxylation sites is 1. The number of aromatic nitrogens is 1. The molecule has 0 aliphatic carbocycles. The van der Waals surface area contributed by atoms with E-state index in [9.17, 15) is 34.2 Å². The number of carbonyl (C=O) groups is 5. The number of benzene rings is 2. The number of phenolic OH excluding ortho intramolecular Hbond substituents is 1. The van der Waals surface area contributed by atoms with Crippen LogP contribution in [0.3, 0.4) is 0 Å². The quantitative estimate of drug-likeness (QED) is 0.110. The van der Waals surface area contributed by atoms with Gasteiger partial charge in [-0.05, 0) is 54.2 Å². The van der Waals surface area contributed by atoms with Crippen LogP contribution in [0.2, 0.25) is 0 Å². The molecule has 1 heterocycles. The van der Waals surface area contributed by atoms with E-state index in [2.05, 4.69) is 20.9 Å². The molecule has 43 heavy (non-hydrogen) atoms. The Hall–Kier alpha value is -4.56. The summed E-state index contributed by atoms with van der Waals surface area (Å²) >= 11 is 1.41. The molecule has 1 aromatic heterocycles. The minimum Gasteiger partial charge on any atom is -0.508 e. The number of primary amides is 1. The maximum Gasteiger partial charge on any atom is 0.326 e. The predicted octanol–water partition coefficient (Wildman–Crippen LogP) is 0.154. The van der Waals surface area contributed by atoms with Gasteiger partial charge in [0.2, 0.25) is 23.6 Å². The molecule has 0 bridgehead atoms. The molecule has 4 unspecified atom stereocenters. The number of fused-ring (bicyclic) bond motifs is 1. The third-order valence-electron chi connectivity index (χ3n) is 6.72. The van der Waals surface area contributed by atoms with Gasteiger partial charge in [0.15, 0.2) is 0 Å². The number of phenols is 1. The normalized spacial score (nSPS) is 13.8. The molecule has 3 aromatic rings. The zero-order chi connectivity index (χ0) is 31.5. The average Bonchev–Trinajstić information content (AvgIpc) is 3.37. The first-order valence-corrected chi connectivity index (χ1v) is 14.9. The van der Waals surface area contributed by atoms with Gasteiger partial charge in [0, 0.05) is 23.5 Å². The number of hydrogen-bond donors (Lipinski definition) is 8. The van der Waals surface area contributed by atoms with E-state index in [1.807, 2.05) is 24.3 Å². The molecule has 10 N–H and O–H groups in total. The number of carboxylic acid groups (broad SMARTS) is 1. The van der Waals surface area contributed by atoms with E-state index in [0.717, 1.165) is 16.5 Å². The summed E-state index contributed by atoms with van der Waals surface area (Å²) in [5.74, 6) is -4.04. The Bertz CT molecular complexity index is 1440. The van der Waals surface area contributed by atoms with Gasteiger partial charge < -0.3 is 42.6 Å². The number of aromatic amines is 1. The number of aromatic hydroxyl groups is 1. The van der Waals surface area contributed by atoms with Gasteiger partial charge in [-0.1, -0.05) is 30.3 Å². The fourth-order valence-electron chi connectivity index (χ4n) is 4.43. The van der Waals surface area contributed by atoms with Crippen molar-refractivity contribution in [2.24, 2.45) is 11.5 Å². The number of nitrogens with one attached hydrogen (secondary N) is 4. The topological polar surface area (TPSA) is 230 Å². The zero-order valence-corrected chi connectivity index (χ0v) is 24.4. The van der Waals surface area contributed by atoms with Crippen LogP contribution in [0.5, 0.6) is 5.75 Å². The van der Waals surface area contributed by atoms with Gasteiger partial charge in [0.05, 0.1) is 12.5 Å². The number of hydrogen-bond acceptors (Lipinski definition) is 8. The van der Waals surface area contributed by atoms with Crippen molar-refractivity contribution in [1.82, 2.24) is 20.9 Å². The van der Waals surface area contributed by atoms with Crippen molar-refractivity contribution in [2.45, 2.75) is 49.9 Å². The minimum absolute atomic E-state index is 0.00926. The summed E-state index contributed by atoms with van der Waals surface area (Å²) in [6, 6.07) is 8.32. The van der Waals surface area contributed by atoms with E-state index < -0.39 is 60.2 Å². The first kappa shape index (κ1) is 32.9. The largest absolute Gasteiger partial charge is 0.508 e. The second-order valence-corrected chi connectivity index (χ2v) is 11.0. The van der Waals surface area contributed by atoms with Gasteiger partial charge in [0.1, 0.15) is 23.9 Å². The number of rotatable bonds is 16. The van der Waals surface area contributed by atoms with Crippen LogP contribution in [0.25, 0.3) is 10.9 Å². The molecule has 3 rings (SSSR count). The molecule has 14 heteroatoms. The highest BCUT2D eigenvalue weighted by molar-refractivity contribution is 7.98. The van der Waals surface area contributed by atoms with Crippen molar-refractivity contribution in [3.63, 3.8) is 0 Å². The van der Waals surface area contributed by atoms with Crippen LogP contribution in [0, 0.1) is 0 Å². The van der Waals surface area contributed by atoms with E-state index in [-0.39, 0.29) is 25.0 Å². The second kappa shape index (κ2) is 15.6. The lowest BCUT2D eigenvalue weighted by atomic mass is 10.0. The summed E-state index contributed by atoms with van der Waals surface area (Å²) in [7, 11) is 0. The van der Waals surface area contributed by atoms with E-state index >= 15 is 0 Å². The Balaban J connectivity index is 1.76. The first-order valence-electron chi connectivity index (χ1n) is 13.5. The molecule has 0 saturated carbocycles. The molecule has 4 amide bonds. The Labute approximate surface area is 252 Å². The highest BCUT2D eigenvalue weighted by Crippen LogP contribution is 2.19. The van der Waals surface area contributed by atoms with Crippen molar-refractivity contribution < 1.29 is 34.2 Å². The van der Waals surface area contributed by atoms with E-state index in [0.29, 0.717) is 11.3 Å². The van der Waals surface area contributed by atoms with E-state index in [4.69, 9.17) is 11.5 Å². The molecule has 4 atom stereocenters. The third kappa shape index (κ3) is 9.75. The number of nitrogens with two attached hydrogens (primary N) is 2. The van der Waals surface area contributed by atoms with Gasteiger partial charge >= 0.3 is 5.97 Å². The Kier molecular flexibility index (Phi) is 12.0. The molecular weight excluding hydrogens is 576 g/mol. The monoisotopic (exact) mass is 612 g/mol. The van der Waals surface area contributed by atoms with Gasteiger partial charge in [-0.2, -0.15) is 11.8 Å². The maximum atomic E-state index is 13.4. The first-order chi connectivity index (χ1) is 20.5. The Morgan fingerprint density at radius 1 is 0.884 bits per heavy atom. The highest BCUT2D eigenvalue weighted by Gasteiger charge is 2.31. The van der Waals surface area contributed by atoms with Crippen LogP contribution in [0.15, 0.2) is 54.7 Å². The summed E-state index contributed by atoms with van der Waals surface area (Å²) in [6.07, 6.45) is 3.17. The number of H-pyrrole nitrogens is 1. The molecule has 0 radical (unpaired) electrons. The minimum atomic E-state index is -1.46. The van der Waals surface area contributed by atoms with Crippen molar-refractivity contribution in [1.29, 1.82) is 0 Å². The Morgan fingerprint density at radius 3 is 2.16 bits per heavy atom. The van der Waals surface area contributed by atoms with Crippen molar-refractivity contribution in [3.05, 3.63) is 65.9 Å². The third-order valence-corrected chi connectivity index (χ3v) is 7.37. The lowest BCUT2D eigenvalue weighted by Crippen LogP contribution is -2.58. The fraction of sp³-hybridized carbons (Fsp3) is 0.345. The summed E-state index contributed by atoms with van der Waals surface area (Å²) in [4.78, 5) is 66.3. The zero-order valence-electron chi connectivity index (χ0n) is 23.5. The molecule has 0 spiro atoms. The van der Waals surface area contributed by atoms with E-state index in [1.165, 1.54) is 36.0 Å². The summed E-state index contributed by atoms with van der Waals surface area (Å²) in [5, 5.41) is 27.5. The predicted molar refractivity (Wildman–Crippen MR) is 162 cm³/mol. The fourth-order valence-corrected chi connectivity index (χ4v) is 4.91. The lowest BCUT2D eigenvalue weighted by Gasteiger charge is -2.25. The Morgan fingerprint density at radius 2 is 1.51 bits per heavy atom. The van der Waals surface area contributed by atoms with Crippen molar-refractivity contribution >= 4 is 52.3 Å². The van der Waals surface area contributed by atoms with Crippen molar-refractivity contribution in [2.75, 3.05) is 12.0 Å². The molecule has 2 aromatic carbocycles. The highest BCUT2D eigenvalue weighted by atomic mass is 32.2. The maximum absolute atomic E-state index is 13.4. The number of carbonyl (C=O) groups excluding carboxylic acids is 4. The lowest BCUT2D eigenvalue weighted by molar-refractivity contribution is -0.142. The summed E-state index contributed by atoms with van der Waals surface area (Å²) < 4.78 is 0. The van der Waals surface area contributed by atoms with Gasteiger partial charge in [0.25, 0.3) is 0 Å². The molecule has 13 nitrogen and oxygen atoms in total. The van der Waals surface area contributed by atoms with Crippen LogP contribution in [0.4, 0.5) is 0 Å².